The molecule has 0 spiro atoms. The van der Waals surface area contributed by atoms with E-state index in [0.29, 0.717) is 12.0 Å². The summed E-state index contributed by atoms with van der Waals surface area (Å²) >= 11 is 0. The Morgan fingerprint density at radius 2 is 2.35 bits per heavy atom. The lowest BCUT2D eigenvalue weighted by molar-refractivity contribution is -0.136. The van der Waals surface area contributed by atoms with Gasteiger partial charge in [0.15, 0.2) is 0 Å². The van der Waals surface area contributed by atoms with Crippen LogP contribution in [0.4, 0.5) is 0 Å². The second-order valence-electron chi connectivity index (χ2n) is 6.05. The molecule has 2 rings (SSSR count). The van der Waals surface area contributed by atoms with Crippen LogP contribution in [0.5, 0.6) is 0 Å². The summed E-state index contributed by atoms with van der Waals surface area (Å²) in [4.78, 5) is 18.2. The van der Waals surface area contributed by atoms with E-state index in [-0.39, 0.29) is 11.8 Å². The fourth-order valence-electron chi connectivity index (χ4n) is 2.77. The second-order valence-corrected chi connectivity index (χ2v) is 6.05. The van der Waals surface area contributed by atoms with Crippen LogP contribution in [-0.4, -0.2) is 34.9 Å². The van der Waals surface area contributed by atoms with Crippen molar-refractivity contribution in [3.63, 3.8) is 0 Å². The molecule has 1 aromatic rings. The number of hydrogen-bond acceptors (Lipinski definition) is 3. The topological polar surface area (TPSA) is 45.2 Å². The third kappa shape index (κ3) is 3.79. The van der Waals surface area contributed by atoms with Crippen LogP contribution in [-0.2, 0) is 11.3 Å². The Hall–Kier alpha value is -1.42. The van der Waals surface area contributed by atoms with E-state index in [1.54, 1.807) is 6.20 Å². The van der Waals surface area contributed by atoms with E-state index in [2.05, 4.69) is 23.3 Å². The minimum atomic E-state index is 0.0992. The molecule has 1 fully saturated rings. The molecule has 1 aliphatic heterocycles. The van der Waals surface area contributed by atoms with Gasteiger partial charge in [0.25, 0.3) is 0 Å². The quantitative estimate of drug-likeness (QED) is 0.915. The van der Waals surface area contributed by atoms with E-state index >= 15 is 0 Å². The molecule has 2 atom stereocenters. The van der Waals surface area contributed by atoms with Crippen molar-refractivity contribution in [1.82, 2.24) is 15.2 Å². The highest BCUT2D eigenvalue weighted by Gasteiger charge is 2.29. The number of nitrogens with one attached hydrogen (secondary N) is 1. The standard InChI is InChI=1S/C16H25N3O/c1-12(2)16(20)19-8-6-15(13(3)11-19)18-10-14-5-4-7-17-9-14/h4-5,7,9,12-13,15,18H,6,8,10-11H2,1-3H3/t13-,15+/m1/s1. The number of piperidine rings is 1. The number of rotatable bonds is 4. The summed E-state index contributed by atoms with van der Waals surface area (Å²) in [7, 11) is 0. The van der Waals surface area contributed by atoms with Gasteiger partial charge in [-0.25, -0.2) is 0 Å². The molecule has 1 amide bonds. The largest absolute Gasteiger partial charge is 0.342 e. The zero-order chi connectivity index (χ0) is 14.5. The molecule has 1 aromatic heterocycles. The molecule has 0 radical (unpaired) electrons. The summed E-state index contributed by atoms with van der Waals surface area (Å²) < 4.78 is 0. The van der Waals surface area contributed by atoms with E-state index in [9.17, 15) is 4.79 Å². The Labute approximate surface area is 121 Å². The van der Waals surface area contributed by atoms with Crippen LogP contribution in [0, 0.1) is 11.8 Å². The van der Waals surface area contributed by atoms with Crippen LogP contribution in [0.1, 0.15) is 32.8 Å². The van der Waals surface area contributed by atoms with Crippen molar-refractivity contribution >= 4 is 5.91 Å². The van der Waals surface area contributed by atoms with E-state index in [0.717, 1.165) is 26.1 Å². The van der Waals surface area contributed by atoms with Crippen LogP contribution >= 0.6 is 0 Å². The molecular formula is C16H25N3O. The van der Waals surface area contributed by atoms with Crippen molar-refractivity contribution in [1.29, 1.82) is 0 Å². The molecule has 0 aromatic carbocycles. The SMILES string of the molecule is CC(C)C(=O)N1CC[C@H](NCc2cccnc2)[C@H](C)C1. The number of aromatic nitrogens is 1. The Morgan fingerprint density at radius 3 is 2.95 bits per heavy atom. The van der Waals surface area contributed by atoms with E-state index in [4.69, 9.17) is 0 Å². The number of carbonyl (C=O) groups excluding carboxylic acids is 1. The number of pyridine rings is 1. The van der Waals surface area contributed by atoms with Crippen LogP contribution in [0.15, 0.2) is 24.5 Å². The van der Waals surface area contributed by atoms with Gasteiger partial charge < -0.3 is 10.2 Å². The Morgan fingerprint density at radius 1 is 1.55 bits per heavy atom. The van der Waals surface area contributed by atoms with E-state index in [1.807, 2.05) is 31.0 Å². The van der Waals surface area contributed by atoms with Gasteiger partial charge >= 0.3 is 0 Å². The molecule has 4 heteroatoms. The van der Waals surface area contributed by atoms with E-state index < -0.39 is 0 Å². The highest BCUT2D eigenvalue weighted by molar-refractivity contribution is 5.78. The minimum absolute atomic E-state index is 0.0992. The summed E-state index contributed by atoms with van der Waals surface area (Å²) in [6.45, 7) is 8.74. The first-order valence-electron chi connectivity index (χ1n) is 7.49. The molecular weight excluding hydrogens is 250 g/mol. The maximum Gasteiger partial charge on any atom is 0.225 e. The van der Waals surface area contributed by atoms with Gasteiger partial charge in [0.1, 0.15) is 0 Å². The number of carbonyl (C=O) groups is 1. The molecule has 4 nitrogen and oxygen atoms in total. The molecule has 1 saturated heterocycles. The number of likely N-dealkylation sites (tertiary alicyclic amines) is 1. The molecule has 0 bridgehead atoms. The lowest BCUT2D eigenvalue weighted by Crippen LogP contribution is -2.50. The predicted octanol–water partition coefficient (Wildman–Crippen LogP) is 2.06. The fourth-order valence-corrected chi connectivity index (χ4v) is 2.77. The predicted molar refractivity (Wildman–Crippen MR) is 80.1 cm³/mol. The van der Waals surface area contributed by atoms with E-state index in [1.165, 1.54) is 5.56 Å². The number of nitrogens with zero attached hydrogens (tertiary/aromatic N) is 2. The third-order valence-corrected chi connectivity index (χ3v) is 4.00. The van der Waals surface area contributed by atoms with Crippen molar-refractivity contribution in [3.05, 3.63) is 30.1 Å². The summed E-state index contributed by atoms with van der Waals surface area (Å²) in [6, 6.07) is 4.53. The Bertz CT molecular complexity index is 433. The van der Waals surface area contributed by atoms with Crippen LogP contribution in [0.3, 0.4) is 0 Å². The van der Waals surface area contributed by atoms with Gasteiger partial charge in [-0.2, -0.15) is 0 Å². The zero-order valence-corrected chi connectivity index (χ0v) is 12.7. The van der Waals surface area contributed by atoms with Crippen molar-refractivity contribution in [2.24, 2.45) is 11.8 Å². The number of amides is 1. The Kier molecular flexibility index (Phi) is 5.12. The van der Waals surface area contributed by atoms with Crippen molar-refractivity contribution in [2.75, 3.05) is 13.1 Å². The van der Waals surface area contributed by atoms with Gasteiger partial charge in [-0.15, -0.1) is 0 Å². The van der Waals surface area contributed by atoms with Crippen LogP contribution in [0.2, 0.25) is 0 Å². The van der Waals surface area contributed by atoms with Gasteiger partial charge in [-0.05, 0) is 24.0 Å². The molecule has 0 saturated carbocycles. The summed E-state index contributed by atoms with van der Waals surface area (Å²) in [5.74, 6) is 0.868. The summed E-state index contributed by atoms with van der Waals surface area (Å²) in [5.41, 5.74) is 1.21. The lowest BCUT2D eigenvalue weighted by atomic mass is 9.93. The van der Waals surface area contributed by atoms with Gasteiger partial charge in [-0.1, -0.05) is 26.8 Å². The second kappa shape index (κ2) is 6.84. The van der Waals surface area contributed by atoms with Gasteiger partial charge in [0.05, 0.1) is 0 Å². The number of hydrogen-bond donors (Lipinski definition) is 1. The minimum Gasteiger partial charge on any atom is -0.342 e. The molecule has 2 heterocycles. The molecule has 0 aliphatic carbocycles. The average Bonchev–Trinajstić information content (AvgIpc) is 2.46. The lowest BCUT2D eigenvalue weighted by Gasteiger charge is -2.38. The molecule has 1 aliphatic rings. The maximum atomic E-state index is 12.0. The van der Waals surface area contributed by atoms with Crippen molar-refractivity contribution < 1.29 is 4.79 Å². The zero-order valence-electron chi connectivity index (χ0n) is 12.7. The third-order valence-electron chi connectivity index (χ3n) is 4.00. The summed E-state index contributed by atoms with van der Waals surface area (Å²) in [5, 5.41) is 3.60. The van der Waals surface area contributed by atoms with Crippen molar-refractivity contribution in [2.45, 2.75) is 39.8 Å². The first kappa shape index (κ1) is 15.0. The monoisotopic (exact) mass is 275 g/mol. The highest BCUT2D eigenvalue weighted by Crippen LogP contribution is 2.19. The highest BCUT2D eigenvalue weighted by atomic mass is 16.2. The fraction of sp³-hybridized carbons (Fsp3) is 0.625. The van der Waals surface area contributed by atoms with Crippen LogP contribution < -0.4 is 5.32 Å². The maximum absolute atomic E-state index is 12.0. The van der Waals surface area contributed by atoms with Gasteiger partial charge in [0.2, 0.25) is 5.91 Å². The average molecular weight is 275 g/mol. The smallest absolute Gasteiger partial charge is 0.225 e. The first-order chi connectivity index (χ1) is 9.58. The molecule has 0 unspecified atom stereocenters. The Balaban J connectivity index is 1.83. The van der Waals surface area contributed by atoms with Gasteiger partial charge in [-0.3, -0.25) is 9.78 Å². The molecule has 1 N–H and O–H groups in total. The van der Waals surface area contributed by atoms with Gasteiger partial charge in [0, 0.05) is 44.0 Å². The first-order valence-corrected chi connectivity index (χ1v) is 7.49. The van der Waals surface area contributed by atoms with Crippen LogP contribution in [0.25, 0.3) is 0 Å². The van der Waals surface area contributed by atoms with Crippen molar-refractivity contribution in [3.8, 4) is 0 Å². The molecule has 20 heavy (non-hydrogen) atoms. The summed E-state index contributed by atoms with van der Waals surface area (Å²) in [6.07, 6.45) is 4.72. The normalized spacial score (nSPS) is 23.1. The molecule has 110 valence electrons.